The van der Waals surface area contributed by atoms with Crippen molar-refractivity contribution in [2.45, 2.75) is 19.6 Å². The molecule has 100 valence electrons. The van der Waals surface area contributed by atoms with Gasteiger partial charge in [-0.05, 0) is 12.5 Å². The lowest BCUT2D eigenvalue weighted by molar-refractivity contribution is 0.0684. The fourth-order valence-electron chi connectivity index (χ4n) is 1.93. The molecule has 0 aliphatic heterocycles. The van der Waals surface area contributed by atoms with Gasteiger partial charge in [0.15, 0.2) is 5.69 Å². The fraction of sp³-hybridized carbons (Fsp3) is 0.308. The van der Waals surface area contributed by atoms with Crippen molar-refractivity contribution in [1.82, 2.24) is 15.0 Å². The summed E-state index contributed by atoms with van der Waals surface area (Å²) in [6.45, 7) is 2.10. The lowest BCUT2D eigenvalue weighted by atomic mass is 10.1. The zero-order valence-corrected chi connectivity index (χ0v) is 10.8. The largest absolute Gasteiger partial charge is 0.476 e. The summed E-state index contributed by atoms with van der Waals surface area (Å²) in [6, 6.07) is 9.60. The van der Waals surface area contributed by atoms with E-state index < -0.39 is 5.97 Å². The van der Waals surface area contributed by atoms with Crippen molar-refractivity contribution in [2.75, 3.05) is 7.11 Å². The smallest absolute Gasteiger partial charge is 0.358 e. The van der Waals surface area contributed by atoms with Gasteiger partial charge < -0.3 is 9.84 Å². The summed E-state index contributed by atoms with van der Waals surface area (Å²) < 4.78 is 6.63. The van der Waals surface area contributed by atoms with E-state index in [0.29, 0.717) is 5.69 Å². The molecule has 1 N–H and O–H groups in total. The minimum Gasteiger partial charge on any atom is -0.476 e. The van der Waals surface area contributed by atoms with Crippen molar-refractivity contribution in [3.8, 4) is 0 Å². The number of carboxylic acids is 1. The Morgan fingerprint density at radius 2 is 2.11 bits per heavy atom. The summed E-state index contributed by atoms with van der Waals surface area (Å²) in [5.74, 6) is -1.10. The molecule has 1 heterocycles. The molecule has 2 rings (SSSR count). The molecule has 19 heavy (non-hydrogen) atoms. The highest BCUT2D eigenvalue weighted by Crippen LogP contribution is 2.20. The summed E-state index contributed by atoms with van der Waals surface area (Å²) in [6.07, 6.45) is 0. The average molecular weight is 261 g/mol. The Balaban J connectivity index is 2.42. The molecule has 2 aromatic rings. The maximum Gasteiger partial charge on any atom is 0.358 e. The van der Waals surface area contributed by atoms with E-state index in [9.17, 15) is 4.79 Å². The highest BCUT2D eigenvalue weighted by molar-refractivity contribution is 5.86. The van der Waals surface area contributed by atoms with Crippen LogP contribution in [0.2, 0.25) is 0 Å². The summed E-state index contributed by atoms with van der Waals surface area (Å²) in [7, 11) is 1.51. The third kappa shape index (κ3) is 2.63. The van der Waals surface area contributed by atoms with Crippen LogP contribution in [0, 0.1) is 0 Å². The number of carboxylic acid groups (broad SMARTS) is 1. The lowest BCUT2D eigenvalue weighted by Crippen LogP contribution is -2.14. The number of methoxy groups -OCH3 is 1. The number of hydrogen-bond donors (Lipinski definition) is 1. The third-order valence-corrected chi connectivity index (χ3v) is 2.92. The van der Waals surface area contributed by atoms with Crippen LogP contribution in [0.3, 0.4) is 0 Å². The first kappa shape index (κ1) is 13.2. The number of aromatic nitrogens is 3. The Morgan fingerprint density at radius 1 is 1.42 bits per heavy atom. The zero-order chi connectivity index (χ0) is 13.8. The Bertz CT molecular complexity index is 566. The number of ether oxygens (including phenoxy) is 1. The second-order valence-corrected chi connectivity index (χ2v) is 4.15. The molecule has 0 bridgehead atoms. The Morgan fingerprint density at radius 3 is 2.68 bits per heavy atom. The monoisotopic (exact) mass is 261 g/mol. The molecule has 1 aromatic heterocycles. The zero-order valence-electron chi connectivity index (χ0n) is 10.8. The van der Waals surface area contributed by atoms with Gasteiger partial charge in [-0.15, -0.1) is 5.10 Å². The van der Waals surface area contributed by atoms with Gasteiger partial charge in [0.2, 0.25) is 0 Å². The van der Waals surface area contributed by atoms with E-state index in [1.165, 1.54) is 7.11 Å². The van der Waals surface area contributed by atoms with E-state index in [0.717, 1.165) is 5.56 Å². The van der Waals surface area contributed by atoms with E-state index in [-0.39, 0.29) is 18.3 Å². The quantitative estimate of drug-likeness (QED) is 0.886. The number of hydrogen-bond acceptors (Lipinski definition) is 4. The third-order valence-electron chi connectivity index (χ3n) is 2.92. The van der Waals surface area contributed by atoms with Gasteiger partial charge in [0.25, 0.3) is 0 Å². The molecule has 0 aliphatic carbocycles. The Hall–Kier alpha value is -2.21. The van der Waals surface area contributed by atoms with Crippen molar-refractivity contribution in [3.05, 3.63) is 47.3 Å². The van der Waals surface area contributed by atoms with Crippen LogP contribution in [0.15, 0.2) is 30.3 Å². The van der Waals surface area contributed by atoms with Crippen molar-refractivity contribution < 1.29 is 14.6 Å². The van der Waals surface area contributed by atoms with Crippen molar-refractivity contribution in [2.24, 2.45) is 0 Å². The topological polar surface area (TPSA) is 77.2 Å². The molecule has 0 saturated carbocycles. The molecule has 0 saturated heterocycles. The molecule has 6 heteroatoms. The van der Waals surface area contributed by atoms with E-state index in [1.54, 1.807) is 4.68 Å². The molecular weight excluding hydrogens is 246 g/mol. The van der Waals surface area contributed by atoms with Gasteiger partial charge >= 0.3 is 5.97 Å². The van der Waals surface area contributed by atoms with Crippen LogP contribution in [0.5, 0.6) is 0 Å². The van der Waals surface area contributed by atoms with E-state index in [2.05, 4.69) is 10.3 Å². The second-order valence-electron chi connectivity index (χ2n) is 4.15. The molecule has 0 fully saturated rings. The second kappa shape index (κ2) is 5.62. The molecule has 0 amide bonds. The minimum absolute atomic E-state index is 0.0652. The molecule has 1 unspecified atom stereocenters. The lowest BCUT2D eigenvalue weighted by Gasteiger charge is -2.14. The van der Waals surface area contributed by atoms with Crippen LogP contribution in [0.4, 0.5) is 0 Å². The van der Waals surface area contributed by atoms with Gasteiger partial charge in [0.05, 0.1) is 12.6 Å². The first-order valence-electron chi connectivity index (χ1n) is 5.86. The fourth-order valence-corrected chi connectivity index (χ4v) is 1.93. The summed E-state index contributed by atoms with van der Waals surface area (Å²) in [4.78, 5) is 11.1. The van der Waals surface area contributed by atoms with Gasteiger partial charge in [0, 0.05) is 7.11 Å². The minimum atomic E-state index is -1.10. The van der Waals surface area contributed by atoms with E-state index in [4.69, 9.17) is 9.84 Å². The van der Waals surface area contributed by atoms with Crippen LogP contribution in [0.1, 0.15) is 34.7 Å². The first-order valence-corrected chi connectivity index (χ1v) is 5.86. The standard InChI is InChI=1S/C13H15N3O3/c1-9(10-6-4-3-5-7-10)16-11(8-19-2)12(13(17)18)14-15-16/h3-7,9H,8H2,1-2H3,(H,17,18). The number of aromatic carboxylic acids is 1. The van der Waals surface area contributed by atoms with Crippen LogP contribution < -0.4 is 0 Å². The maximum absolute atomic E-state index is 11.1. The van der Waals surface area contributed by atoms with Gasteiger partial charge in [-0.2, -0.15) is 0 Å². The molecule has 0 radical (unpaired) electrons. The summed E-state index contributed by atoms with van der Waals surface area (Å²) in [5.41, 5.74) is 1.43. The molecular formula is C13H15N3O3. The van der Waals surface area contributed by atoms with Crippen LogP contribution in [0.25, 0.3) is 0 Å². The molecule has 0 aliphatic rings. The van der Waals surface area contributed by atoms with Crippen molar-refractivity contribution in [1.29, 1.82) is 0 Å². The maximum atomic E-state index is 11.1. The predicted molar refractivity (Wildman–Crippen MR) is 67.9 cm³/mol. The van der Waals surface area contributed by atoms with Crippen LogP contribution in [-0.2, 0) is 11.3 Å². The summed E-state index contributed by atoms with van der Waals surface area (Å²) in [5, 5.41) is 16.7. The van der Waals surface area contributed by atoms with E-state index in [1.807, 2.05) is 37.3 Å². The van der Waals surface area contributed by atoms with E-state index >= 15 is 0 Å². The Labute approximate surface area is 110 Å². The average Bonchev–Trinajstić information content (AvgIpc) is 2.83. The predicted octanol–water partition coefficient (Wildman–Crippen LogP) is 1.73. The van der Waals surface area contributed by atoms with Gasteiger partial charge in [-0.1, -0.05) is 35.5 Å². The number of nitrogens with zero attached hydrogens (tertiary/aromatic N) is 3. The van der Waals surface area contributed by atoms with Crippen molar-refractivity contribution in [3.63, 3.8) is 0 Å². The van der Waals surface area contributed by atoms with Crippen LogP contribution in [-0.4, -0.2) is 33.2 Å². The molecule has 1 atom stereocenters. The Kier molecular flexibility index (Phi) is 3.91. The number of carbonyl (C=O) groups is 1. The van der Waals surface area contributed by atoms with Gasteiger partial charge in [0.1, 0.15) is 5.69 Å². The van der Waals surface area contributed by atoms with Crippen molar-refractivity contribution >= 4 is 5.97 Å². The van der Waals surface area contributed by atoms with Gasteiger partial charge in [-0.3, -0.25) is 0 Å². The SMILES string of the molecule is COCc1c(C(=O)O)nnn1C(C)c1ccccc1. The molecule has 0 spiro atoms. The number of rotatable bonds is 5. The van der Waals surface area contributed by atoms with Crippen LogP contribution >= 0.6 is 0 Å². The van der Waals surface area contributed by atoms with Gasteiger partial charge in [-0.25, -0.2) is 9.48 Å². The summed E-state index contributed by atoms with van der Waals surface area (Å²) >= 11 is 0. The normalized spacial score (nSPS) is 12.3. The molecule has 1 aromatic carbocycles. The number of benzene rings is 1. The first-order chi connectivity index (χ1) is 9.15. The highest BCUT2D eigenvalue weighted by atomic mass is 16.5. The molecule has 6 nitrogen and oxygen atoms in total. The highest BCUT2D eigenvalue weighted by Gasteiger charge is 2.22.